The van der Waals surface area contributed by atoms with Crippen LogP contribution in [0.5, 0.6) is 0 Å². The fraction of sp³-hybridized carbons (Fsp3) is 0.250. The van der Waals surface area contributed by atoms with Crippen molar-refractivity contribution in [1.29, 1.82) is 0 Å². The standard InChI is InChI=1S/C8H8FNO3/c1-8(13,7(11)12)5-3-2-4-10-6(5)9/h2-4,13H,1H3,(H,11,12). The molecule has 0 saturated heterocycles. The summed E-state index contributed by atoms with van der Waals surface area (Å²) in [5, 5.41) is 17.9. The normalized spacial score (nSPS) is 15.0. The maximum atomic E-state index is 12.9. The lowest BCUT2D eigenvalue weighted by atomic mass is 9.98. The van der Waals surface area contributed by atoms with Gasteiger partial charge in [0.05, 0.1) is 0 Å². The number of rotatable bonds is 2. The van der Waals surface area contributed by atoms with Crippen LogP contribution in [0.1, 0.15) is 12.5 Å². The first-order valence-electron chi connectivity index (χ1n) is 3.53. The van der Waals surface area contributed by atoms with Crippen LogP contribution in [0.25, 0.3) is 0 Å². The molecule has 70 valence electrons. The van der Waals surface area contributed by atoms with Gasteiger partial charge in [0, 0.05) is 11.8 Å². The van der Waals surface area contributed by atoms with E-state index in [9.17, 15) is 14.3 Å². The summed E-state index contributed by atoms with van der Waals surface area (Å²) in [4.78, 5) is 13.8. The Kier molecular flexibility index (Phi) is 2.29. The number of nitrogens with zero attached hydrogens (tertiary/aromatic N) is 1. The Morgan fingerprint density at radius 2 is 2.31 bits per heavy atom. The summed E-state index contributed by atoms with van der Waals surface area (Å²) in [6.07, 6.45) is 1.18. The number of carboxylic acids is 1. The monoisotopic (exact) mass is 185 g/mol. The molecule has 0 aliphatic heterocycles. The lowest BCUT2D eigenvalue weighted by molar-refractivity contribution is -0.157. The number of carboxylic acid groups (broad SMARTS) is 1. The molecule has 0 radical (unpaired) electrons. The summed E-state index contributed by atoms with van der Waals surface area (Å²) >= 11 is 0. The molecule has 1 heterocycles. The maximum absolute atomic E-state index is 12.9. The molecule has 0 aromatic carbocycles. The van der Waals surface area contributed by atoms with Crippen molar-refractivity contribution >= 4 is 5.97 Å². The molecule has 2 N–H and O–H groups in total. The molecule has 0 fully saturated rings. The highest BCUT2D eigenvalue weighted by molar-refractivity contribution is 5.78. The van der Waals surface area contributed by atoms with Crippen LogP contribution in [0.4, 0.5) is 4.39 Å². The van der Waals surface area contributed by atoms with Gasteiger partial charge in [0.15, 0.2) is 5.60 Å². The predicted molar refractivity (Wildman–Crippen MR) is 41.4 cm³/mol. The number of hydrogen-bond acceptors (Lipinski definition) is 3. The van der Waals surface area contributed by atoms with Gasteiger partial charge in [0.1, 0.15) is 0 Å². The summed E-state index contributed by atoms with van der Waals surface area (Å²) < 4.78 is 12.9. The van der Waals surface area contributed by atoms with Crippen molar-refractivity contribution in [2.24, 2.45) is 0 Å². The molecule has 0 saturated carbocycles. The average Bonchev–Trinajstić information content (AvgIpc) is 2.04. The number of hydrogen-bond donors (Lipinski definition) is 2. The second-order valence-corrected chi connectivity index (χ2v) is 2.72. The summed E-state index contributed by atoms with van der Waals surface area (Å²) in [6.45, 7) is 0.995. The fourth-order valence-electron chi connectivity index (χ4n) is 0.864. The highest BCUT2D eigenvalue weighted by Crippen LogP contribution is 2.21. The van der Waals surface area contributed by atoms with E-state index in [0.29, 0.717) is 0 Å². The summed E-state index contributed by atoms with van der Waals surface area (Å²) in [6, 6.07) is 2.53. The highest BCUT2D eigenvalue weighted by Gasteiger charge is 2.35. The van der Waals surface area contributed by atoms with Crippen LogP contribution in [-0.2, 0) is 10.4 Å². The predicted octanol–water partition coefficient (Wildman–Crippen LogP) is 0.513. The third-order valence-electron chi connectivity index (χ3n) is 1.70. The van der Waals surface area contributed by atoms with E-state index in [2.05, 4.69) is 4.98 Å². The van der Waals surface area contributed by atoms with E-state index in [1.165, 1.54) is 18.3 Å². The number of halogens is 1. The van der Waals surface area contributed by atoms with E-state index in [-0.39, 0.29) is 5.56 Å². The largest absolute Gasteiger partial charge is 0.479 e. The molecular weight excluding hydrogens is 177 g/mol. The first-order chi connectivity index (χ1) is 5.96. The molecule has 1 aromatic rings. The van der Waals surface area contributed by atoms with Gasteiger partial charge in [-0.1, -0.05) is 0 Å². The zero-order valence-corrected chi connectivity index (χ0v) is 6.86. The highest BCUT2D eigenvalue weighted by atomic mass is 19.1. The molecule has 1 rings (SSSR count). The minimum Gasteiger partial charge on any atom is -0.479 e. The van der Waals surface area contributed by atoms with E-state index >= 15 is 0 Å². The summed E-state index contributed by atoms with van der Waals surface area (Å²) in [5.41, 5.74) is -2.58. The first-order valence-corrected chi connectivity index (χ1v) is 3.53. The molecule has 1 aromatic heterocycles. The zero-order valence-electron chi connectivity index (χ0n) is 6.86. The van der Waals surface area contributed by atoms with Gasteiger partial charge >= 0.3 is 5.97 Å². The van der Waals surface area contributed by atoms with Crippen molar-refractivity contribution in [2.75, 3.05) is 0 Å². The molecule has 0 aliphatic carbocycles. The first kappa shape index (κ1) is 9.60. The zero-order chi connectivity index (χ0) is 10.1. The molecule has 13 heavy (non-hydrogen) atoms. The topological polar surface area (TPSA) is 70.4 Å². The molecule has 1 atom stereocenters. The summed E-state index contributed by atoms with van der Waals surface area (Å²) in [5.74, 6) is -2.49. The van der Waals surface area contributed by atoms with E-state index in [0.717, 1.165) is 6.92 Å². The Labute approximate surface area is 73.7 Å². The van der Waals surface area contributed by atoms with Crippen molar-refractivity contribution in [3.8, 4) is 0 Å². The van der Waals surface area contributed by atoms with Crippen LogP contribution in [0.3, 0.4) is 0 Å². The molecule has 0 bridgehead atoms. The van der Waals surface area contributed by atoms with E-state index in [1.54, 1.807) is 0 Å². The SMILES string of the molecule is CC(O)(C(=O)O)c1cccnc1F. The van der Waals surface area contributed by atoms with E-state index < -0.39 is 17.5 Å². The van der Waals surface area contributed by atoms with Crippen LogP contribution in [0.15, 0.2) is 18.3 Å². The van der Waals surface area contributed by atoms with Gasteiger partial charge in [-0.3, -0.25) is 0 Å². The van der Waals surface area contributed by atoms with Crippen molar-refractivity contribution in [3.05, 3.63) is 29.8 Å². The van der Waals surface area contributed by atoms with Gasteiger partial charge in [0.2, 0.25) is 5.95 Å². The molecule has 4 nitrogen and oxygen atoms in total. The summed E-state index contributed by atoms with van der Waals surface area (Å²) in [7, 11) is 0. The third-order valence-corrected chi connectivity index (χ3v) is 1.70. The Hall–Kier alpha value is -1.49. The quantitative estimate of drug-likeness (QED) is 0.658. The van der Waals surface area contributed by atoms with Crippen LogP contribution < -0.4 is 0 Å². The minimum atomic E-state index is -2.24. The van der Waals surface area contributed by atoms with Gasteiger partial charge in [-0.2, -0.15) is 4.39 Å². The van der Waals surface area contributed by atoms with E-state index in [4.69, 9.17) is 5.11 Å². The second-order valence-electron chi connectivity index (χ2n) is 2.72. The van der Waals surface area contributed by atoms with Gasteiger partial charge < -0.3 is 10.2 Å². The number of pyridine rings is 1. The number of aliphatic carboxylic acids is 1. The molecule has 0 spiro atoms. The van der Waals surface area contributed by atoms with E-state index in [1.807, 2.05) is 0 Å². The van der Waals surface area contributed by atoms with Crippen LogP contribution in [0.2, 0.25) is 0 Å². The number of aromatic nitrogens is 1. The average molecular weight is 185 g/mol. The lowest BCUT2D eigenvalue weighted by Crippen LogP contribution is -2.33. The number of carbonyl (C=O) groups is 1. The minimum absolute atomic E-state index is 0.345. The maximum Gasteiger partial charge on any atom is 0.340 e. The van der Waals surface area contributed by atoms with Crippen molar-refractivity contribution in [3.63, 3.8) is 0 Å². The van der Waals surface area contributed by atoms with Crippen molar-refractivity contribution in [1.82, 2.24) is 4.98 Å². The van der Waals surface area contributed by atoms with Crippen LogP contribution in [0, 0.1) is 5.95 Å². The molecule has 0 amide bonds. The Balaban J connectivity index is 3.22. The van der Waals surface area contributed by atoms with Gasteiger partial charge in [0.25, 0.3) is 0 Å². The lowest BCUT2D eigenvalue weighted by Gasteiger charge is -2.17. The second kappa shape index (κ2) is 3.10. The van der Waals surface area contributed by atoms with Crippen molar-refractivity contribution < 1.29 is 19.4 Å². The fourth-order valence-corrected chi connectivity index (χ4v) is 0.864. The Bertz CT molecular complexity index is 338. The molecule has 0 aliphatic rings. The van der Waals surface area contributed by atoms with Crippen molar-refractivity contribution in [2.45, 2.75) is 12.5 Å². The van der Waals surface area contributed by atoms with Crippen LogP contribution in [-0.4, -0.2) is 21.2 Å². The third kappa shape index (κ3) is 1.65. The molecule has 5 heteroatoms. The molecule has 1 unspecified atom stereocenters. The van der Waals surface area contributed by atoms with Gasteiger partial charge in [-0.15, -0.1) is 0 Å². The number of aliphatic hydroxyl groups is 1. The smallest absolute Gasteiger partial charge is 0.340 e. The Morgan fingerprint density at radius 1 is 1.69 bits per heavy atom. The molecular formula is C8H8FNO3. The Morgan fingerprint density at radius 3 is 2.77 bits per heavy atom. The van der Waals surface area contributed by atoms with Crippen LogP contribution >= 0.6 is 0 Å². The van der Waals surface area contributed by atoms with Gasteiger partial charge in [-0.05, 0) is 19.1 Å². The van der Waals surface area contributed by atoms with Gasteiger partial charge in [-0.25, -0.2) is 9.78 Å².